The predicted octanol–water partition coefficient (Wildman–Crippen LogP) is 11.7. The van der Waals surface area contributed by atoms with Gasteiger partial charge in [0.1, 0.15) is 22.9 Å². The molecule has 0 saturated carbocycles. The van der Waals surface area contributed by atoms with Crippen LogP contribution in [0.1, 0.15) is 44.5 Å². The van der Waals surface area contributed by atoms with Crippen molar-refractivity contribution in [2.75, 3.05) is 9.80 Å². The van der Waals surface area contributed by atoms with Gasteiger partial charge in [0.25, 0.3) is 6.71 Å². The van der Waals surface area contributed by atoms with Gasteiger partial charge in [-0.05, 0) is 116 Å². The van der Waals surface area contributed by atoms with Crippen LogP contribution in [0.2, 0.25) is 0 Å². The van der Waals surface area contributed by atoms with Crippen LogP contribution in [0.3, 0.4) is 0 Å². The van der Waals surface area contributed by atoms with E-state index < -0.39 is 10.8 Å². The van der Waals surface area contributed by atoms with Gasteiger partial charge in [-0.15, -0.1) is 0 Å². The number of hydrogen-bond acceptors (Lipinski definition) is 7. The number of rotatable bonds is 0. The molecule has 9 aliphatic heterocycles. The van der Waals surface area contributed by atoms with Crippen molar-refractivity contribution < 1.29 is 23.7 Å². The van der Waals surface area contributed by atoms with E-state index in [1.807, 2.05) is 36.4 Å². The van der Waals surface area contributed by atoms with E-state index in [2.05, 4.69) is 137 Å². The van der Waals surface area contributed by atoms with Gasteiger partial charge >= 0.3 is 0 Å². The van der Waals surface area contributed by atoms with Gasteiger partial charge in [0.05, 0.1) is 33.6 Å². The molecule has 0 amide bonds. The van der Waals surface area contributed by atoms with E-state index in [1.54, 1.807) is 0 Å². The van der Waals surface area contributed by atoms with Crippen molar-refractivity contribution in [1.82, 2.24) is 0 Å². The van der Waals surface area contributed by atoms with Crippen molar-refractivity contribution in [2.24, 2.45) is 0 Å². The summed E-state index contributed by atoms with van der Waals surface area (Å²) < 4.78 is 34.8. The molecule has 9 aliphatic rings. The summed E-state index contributed by atoms with van der Waals surface area (Å²) in [6.07, 6.45) is 0. The first kappa shape index (κ1) is 31.5. The first-order valence-electron chi connectivity index (χ1n) is 21.9. The van der Waals surface area contributed by atoms with Crippen LogP contribution in [-0.4, -0.2) is 6.71 Å². The first-order valence-corrected chi connectivity index (χ1v) is 21.9. The zero-order valence-electron chi connectivity index (χ0n) is 33.6. The molecule has 9 aromatic rings. The molecular formula is C56H27BN2O5. The molecule has 0 unspecified atom stereocenters. The smallest absolute Gasteiger partial charge is 0.252 e. The lowest BCUT2D eigenvalue weighted by Crippen LogP contribution is -2.70. The zero-order chi connectivity index (χ0) is 40.9. The minimum absolute atomic E-state index is 0.109. The molecule has 18 rings (SSSR count). The summed E-state index contributed by atoms with van der Waals surface area (Å²) in [7, 11) is 0. The summed E-state index contributed by atoms with van der Waals surface area (Å²) >= 11 is 0. The van der Waals surface area contributed by atoms with Crippen LogP contribution >= 0.6 is 0 Å². The standard InChI is InChI=1S/C56H27BN2O5/c1-10-28-46-29(11-1)56(34-16-6-22-40-51(34)59-52-35(56)17-7-23-41(52)64-45-27-9-26-44(63-40)54(45)59)31-13-3-19-37-48(31)57(46)47-30(12-2-18-36(47)60-37)55(28)32-14-4-20-38-49(32)58-50-33(55)15-5-21-39(50)62-43-25-8-24-42(61-38)53(43)58/h1-27H. The van der Waals surface area contributed by atoms with Gasteiger partial charge in [-0.25, -0.2) is 0 Å². The number of para-hydroxylation sites is 6. The van der Waals surface area contributed by atoms with Gasteiger partial charge in [0.2, 0.25) is 0 Å². The Morgan fingerprint density at radius 1 is 0.250 bits per heavy atom. The molecular weight excluding hydrogens is 791 g/mol. The average Bonchev–Trinajstić information content (AvgIpc) is 3.33. The Balaban J connectivity index is 1.04. The van der Waals surface area contributed by atoms with Gasteiger partial charge in [0.15, 0.2) is 46.0 Å². The molecule has 0 bridgehead atoms. The van der Waals surface area contributed by atoms with Crippen molar-refractivity contribution in [2.45, 2.75) is 10.8 Å². The Morgan fingerprint density at radius 2 is 0.484 bits per heavy atom. The van der Waals surface area contributed by atoms with Crippen molar-refractivity contribution in [3.8, 4) is 57.5 Å². The van der Waals surface area contributed by atoms with Crippen LogP contribution in [0.15, 0.2) is 164 Å². The van der Waals surface area contributed by atoms with Crippen LogP contribution < -0.4 is 49.9 Å². The van der Waals surface area contributed by atoms with Crippen molar-refractivity contribution >= 4 is 57.2 Å². The van der Waals surface area contributed by atoms with E-state index in [0.717, 1.165) is 114 Å². The SMILES string of the molecule is c1cc2c3c(c1)Oc1cccc4c1N3c1c(cccc1C41c3cccc4c3B3c5c(cccc5C5(c6cccc1c63)c1cccc3c1N1c6c(cccc6Oc6cccc5c61)O3)O4)O2. The lowest BCUT2D eigenvalue weighted by atomic mass is 9.25. The van der Waals surface area contributed by atoms with Crippen molar-refractivity contribution in [3.63, 3.8) is 0 Å². The van der Waals surface area contributed by atoms with Crippen LogP contribution in [0.25, 0.3) is 0 Å². The first-order chi connectivity index (χ1) is 31.7. The molecule has 7 nitrogen and oxygen atoms in total. The molecule has 2 spiro atoms. The quantitative estimate of drug-likeness (QED) is 0.141. The fourth-order valence-electron chi connectivity index (χ4n) is 13.8. The summed E-state index contributed by atoms with van der Waals surface area (Å²) in [5, 5.41) is 0. The molecule has 64 heavy (non-hydrogen) atoms. The minimum Gasteiger partial charge on any atom is -0.458 e. The zero-order valence-corrected chi connectivity index (χ0v) is 33.6. The average molecular weight is 819 g/mol. The Kier molecular flexibility index (Phi) is 4.90. The number of hydrogen-bond donors (Lipinski definition) is 0. The van der Waals surface area contributed by atoms with Gasteiger partial charge < -0.3 is 23.7 Å². The van der Waals surface area contributed by atoms with E-state index in [9.17, 15) is 0 Å². The van der Waals surface area contributed by atoms with E-state index >= 15 is 0 Å². The van der Waals surface area contributed by atoms with E-state index in [1.165, 1.54) is 38.6 Å². The molecule has 0 saturated heterocycles. The maximum atomic E-state index is 7.26. The number of ether oxygens (including phenoxy) is 5. The molecule has 294 valence electrons. The lowest BCUT2D eigenvalue weighted by Gasteiger charge is -2.57. The molecule has 0 atom stereocenters. The topological polar surface area (TPSA) is 52.6 Å². The Labute approximate surface area is 365 Å². The minimum atomic E-state index is -0.807. The highest BCUT2D eigenvalue weighted by Crippen LogP contribution is 2.72. The van der Waals surface area contributed by atoms with Crippen LogP contribution in [0, 0.1) is 0 Å². The number of anilines is 6. The fourth-order valence-corrected chi connectivity index (χ4v) is 13.8. The number of benzene rings is 9. The normalized spacial score (nSPS) is 16.9. The van der Waals surface area contributed by atoms with Gasteiger partial charge in [-0.2, -0.15) is 0 Å². The summed E-state index contributed by atoms with van der Waals surface area (Å²) in [5.74, 6) is 8.17. The molecule has 0 fully saturated rings. The van der Waals surface area contributed by atoms with Gasteiger partial charge in [0, 0.05) is 0 Å². The Bertz CT molecular complexity index is 3410. The highest BCUT2D eigenvalue weighted by atomic mass is 16.5. The Hall–Kier alpha value is -8.36. The second-order valence-corrected chi connectivity index (χ2v) is 18.1. The number of fused-ring (bicyclic) bond motifs is 8. The van der Waals surface area contributed by atoms with Gasteiger partial charge in [-0.3, -0.25) is 9.80 Å². The van der Waals surface area contributed by atoms with E-state index in [0.29, 0.717) is 0 Å². The third kappa shape index (κ3) is 3.03. The molecule has 0 N–H and O–H groups in total. The van der Waals surface area contributed by atoms with Crippen molar-refractivity contribution in [1.29, 1.82) is 0 Å². The lowest BCUT2D eigenvalue weighted by molar-refractivity contribution is 0.440. The number of nitrogens with zero attached hydrogens (tertiary/aromatic N) is 2. The molecule has 0 radical (unpaired) electrons. The monoisotopic (exact) mass is 818 g/mol. The summed E-state index contributed by atoms with van der Waals surface area (Å²) in [4.78, 5) is 4.82. The van der Waals surface area contributed by atoms with E-state index in [4.69, 9.17) is 23.7 Å². The van der Waals surface area contributed by atoms with Crippen LogP contribution in [0.4, 0.5) is 34.1 Å². The van der Waals surface area contributed by atoms with Gasteiger partial charge in [-0.1, -0.05) is 109 Å². The Morgan fingerprint density at radius 3 is 0.828 bits per heavy atom. The second-order valence-electron chi connectivity index (χ2n) is 18.1. The molecule has 0 aromatic heterocycles. The van der Waals surface area contributed by atoms with Crippen LogP contribution in [-0.2, 0) is 10.8 Å². The molecule has 9 heterocycles. The maximum absolute atomic E-state index is 7.26. The molecule has 9 aromatic carbocycles. The highest BCUT2D eigenvalue weighted by molar-refractivity contribution is 6.99. The van der Waals surface area contributed by atoms with E-state index in [-0.39, 0.29) is 6.71 Å². The molecule has 8 heteroatoms. The predicted molar refractivity (Wildman–Crippen MR) is 245 cm³/mol. The maximum Gasteiger partial charge on any atom is 0.252 e. The molecule has 0 aliphatic carbocycles. The second kappa shape index (κ2) is 9.96. The third-order valence-corrected chi connectivity index (χ3v) is 15.7. The van der Waals surface area contributed by atoms with Crippen molar-refractivity contribution in [3.05, 3.63) is 208 Å². The summed E-state index contributed by atoms with van der Waals surface area (Å²) in [5.41, 5.74) is 17.6. The fraction of sp³-hybridized carbons (Fsp3) is 0.0357. The third-order valence-electron chi connectivity index (χ3n) is 15.7. The highest BCUT2D eigenvalue weighted by Gasteiger charge is 2.63. The van der Waals surface area contributed by atoms with Crippen LogP contribution in [0.5, 0.6) is 57.5 Å². The largest absolute Gasteiger partial charge is 0.458 e. The summed E-state index contributed by atoms with van der Waals surface area (Å²) in [6.45, 7) is -0.109. The summed E-state index contributed by atoms with van der Waals surface area (Å²) in [6, 6.07) is 59.0.